The second-order valence-electron chi connectivity index (χ2n) is 7.27. The lowest BCUT2D eigenvalue weighted by Crippen LogP contribution is -2.48. The van der Waals surface area contributed by atoms with E-state index in [-0.39, 0.29) is 30.4 Å². The molecule has 0 radical (unpaired) electrons. The molecule has 3 heterocycles. The van der Waals surface area contributed by atoms with Crippen molar-refractivity contribution in [3.63, 3.8) is 0 Å². The molecule has 2 fully saturated rings. The number of likely N-dealkylation sites (tertiary alicyclic amines) is 1. The number of urea groups is 1. The average Bonchev–Trinajstić information content (AvgIpc) is 3.04. The van der Waals surface area contributed by atoms with E-state index in [9.17, 15) is 14.4 Å². The molecule has 4 amide bonds. The molecule has 2 aliphatic rings. The van der Waals surface area contributed by atoms with E-state index in [2.05, 4.69) is 15.2 Å². The topological polar surface area (TPSA) is 85.9 Å². The van der Waals surface area contributed by atoms with Gasteiger partial charge in [-0.2, -0.15) is 0 Å². The summed E-state index contributed by atoms with van der Waals surface area (Å²) in [7, 11) is 0. The summed E-state index contributed by atoms with van der Waals surface area (Å²) in [6.45, 7) is 1.81. The number of piperidine rings is 1. The van der Waals surface area contributed by atoms with Crippen molar-refractivity contribution in [3.05, 3.63) is 54.9 Å². The van der Waals surface area contributed by atoms with Crippen molar-refractivity contribution >= 4 is 29.2 Å². The highest BCUT2D eigenvalue weighted by atomic mass is 16.2. The number of imide groups is 1. The monoisotopic (exact) mass is 393 g/mol. The molecule has 0 atom stereocenters. The van der Waals surface area contributed by atoms with Crippen molar-refractivity contribution < 1.29 is 14.4 Å². The average molecular weight is 393 g/mol. The molecule has 4 rings (SSSR count). The third-order valence-electron chi connectivity index (χ3n) is 5.32. The molecule has 0 unspecified atom stereocenters. The molecule has 150 valence electrons. The van der Waals surface area contributed by atoms with Crippen LogP contribution in [-0.4, -0.2) is 64.9 Å². The number of nitrogens with zero attached hydrogens (tertiary/aromatic N) is 4. The van der Waals surface area contributed by atoms with Crippen LogP contribution in [0.4, 0.5) is 16.2 Å². The van der Waals surface area contributed by atoms with Gasteiger partial charge in [0.15, 0.2) is 0 Å². The van der Waals surface area contributed by atoms with Gasteiger partial charge in [0.2, 0.25) is 5.91 Å². The summed E-state index contributed by atoms with van der Waals surface area (Å²) < 4.78 is 0. The van der Waals surface area contributed by atoms with Gasteiger partial charge in [-0.1, -0.05) is 18.2 Å². The van der Waals surface area contributed by atoms with Gasteiger partial charge in [0, 0.05) is 25.3 Å². The number of para-hydroxylation sites is 1. The molecule has 2 saturated heterocycles. The molecule has 0 aliphatic carbocycles. The molecule has 8 heteroatoms. The Morgan fingerprint density at radius 2 is 1.83 bits per heavy atom. The predicted molar refractivity (Wildman–Crippen MR) is 108 cm³/mol. The lowest BCUT2D eigenvalue weighted by Gasteiger charge is -2.35. The number of anilines is 2. The number of hydrogen-bond acceptors (Lipinski definition) is 5. The van der Waals surface area contributed by atoms with Gasteiger partial charge < -0.3 is 10.2 Å². The number of rotatable bonds is 5. The zero-order valence-corrected chi connectivity index (χ0v) is 16.0. The maximum absolute atomic E-state index is 12.8. The van der Waals surface area contributed by atoms with Gasteiger partial charge in [-0.15, -0.1) is 0 Å². The second-order valence-corrected chi connectivity index (χ2v) is 7.27. The lowest BCUT2D eigenvalue weighted by molar-refractivity contribution is -0.117. The van der Waals surface area contributed by atoms with E-state index in [0.717, 1.165) is 12.8 Å². The summed E-state index contributed by atoms with van der Waals surface area (Å²) in [4.78, 5) is 46.4. The first kappa shape index (κ1) is 19.1. The van der Waals surface area contributed by atoms with Crippen molar-refractivity contribution in [2.24, 2.45) is 0 Å². The molecule has 0 spiro atoms. The maximum atomic E-state index is 12.8. The third kappa shape index (κ3) is 4.27. The first-order valence-corrected chi connectivity index (χ1v) is 9.72. The van der Waals surface area contributed by atoms with Crippen LogP contribution in [0.25, 0.3) is 0 Å². The summed E-state index contributed by atoms with van der Waals surface area (Å²) in [5, 5.41) is 2.83. The Morgan fingerprint density at radius 1 is 1.07 bits per heavy atom. The standard InChI is InChI=1S/C21H23N5O3/c27-19(23-16-5-4-10-22-13-16)14-24-11-8-17(9-12-24)25-15-20(28)26(21(25)29)18-6-2-1-3-7-18/h1-7,10,13,17H,8-9,11-12,14-15H2,(H,23,27). The zero-order chi connectivity index (χ0) is 20.2. The molecular weight excluding hydrogens is 370 g/mol. The Labute approximate surface area is 169 Å². The van der Waals surface area contributed by atoms with Crippen molar-refractivity contribution in [3.8, 4) is 0 Å². The summed E-state index contributed by atoms with van der Waals surface area (Å²) >= 11 is 0. The van der Waals surface area contributed by atoms with Gasteiger partial charge in [-0.25, -0.2) is 9.69 Å². The largest absolute Gasteiger partial charge is 0.332 e. The Kier molecular flexibility index (Phi) is 5.53. The molecule has 1 N–H and O–H groups in total. The molecule has 0 bridgehead atoms. The predicted octanol–water partition coefficient (Wildman–Crippen LogP) is 1.95. The van der Waals surface area contributed by atoms with Crippen LogP contribution in [-0.2, 0) is 9.59 Å². The van der Waals surface area contributed by atoms with Gasteiger partial charge in [-0.05, 0) is 37.1 Å². The molecule has 2 aliphatic heterocycles. The number of hydrogen-bond donors (Lipinski definition) is 1. The van der Waals surface area contributed by atoms with Gasteiger partial charge in [0.1, 0.15) is 6.54 Å². The lowest BCUT2D eigenvalue weighted by atomic mass is 10.0. The molecule has 8 nitrogen and oxygen atoms in total. The maximum Gasteiger partial charge on any atom is 0.332 e. The fourth-order valence-corrected chi connectivity index (χ4v) is 3.87. The van der Waals surface area contributed by atoms with Crippen LogP contribution in [0.2, 0.25) is 0 Å². The van der Waals surface area contributed by atoms with Crippen LogP contribution in [0.5, 0.6) is 0 Å². The zero-order valence-electron chi connectivity index (χ0n) is 16.0. The fourth-order valence-electron chi connectivity index (χ4n) is 3.87. The van der Waals surface area contributed by atoms with Crippen LogP contribution in [0, 0.1) is 0 Å². The SMILES string of the molecule is O=C(CN1CCC(N2CC(=O)N(c3ccccc3)C2=O)CC1)Nc1cccnc1. The van der Waals surface area contributed by atoms with E-state index in [1.807, 2.05) is 18.2 Å². The molecule has 1 aromatic heterocycles. The van der Waals surface area contributed by atoms with E-state index < -0.39 is 0 Å². The first-order chi connectivity index (χ1) is 14.1. The Hall–Kier alpha value is -3.26. The van der Waals surface area contributed by atoms with Crippen molar-refractivity contribution in [2.75, 3.05) is 36.4 Å². The van der Waals surface area contributed by atoms with Gasteiger partial charge in [0.25, 0.3) is 5.91 Å². The first-order valence-electron chi connectivity index (χ1n) is 9.72. The minimum absolute atomic E-state index is 0.0118. The quantitative estimate of drug-likeness (QED) is 0.785. The number of aromatic nitrogens is 1. The number of carbonyl (C=O) groups excluding carboxylic acids is 3. The number of nitrogens with one attached hydrogen (secondary N) is 1. The number of amides is 4. The fraction of sp³-hybridized carbons (Fsp3) is 0.333. The van der Waals surface area contributed by atoms with E-state index >= 15 is 0 Å². The summed E-state index contributed by atoms with van der Waals surface area (Å²) in [6.07, 6.45) is 4.74. The number of pyridine rings is 1. The van der Waals surface area contributed by atoms with Crippen molar-refractivity contribution in [1.29, 1.82) is 0 Å². The Morgan fingerprint density at radius 3 is 2.52 bits per heavy atom. The van der Waals surface area contributed by atoms with Crippen LogP contribution < -0.4 is 10.2 Å². The highest BCUT2D eigenvalue weighted by Crippen LogP contribution is 2.26. The molecular formula is C21H23N5O3. The van der Waals surface area contributed by atoms with Crippen LogP contribution in [0.3, 0.4) is 0 Å². The van der Waals surface area contributed by atoms with Crippen LogP contribution in [0.15, 0.2) is 54.9 Å². The minimum atomic E-state index is -0.256. The second kappa shape index (κ2) is 8.40. The van der Waals surface area contributed by atoms with E-state index in [1.54, 1.807) is 41.6 Å². The van der Waals surface area contributed by atoms with Crippen molar-refractivity contribution in [1.82, 2.24) is 14.8 Å². The van der Waals surface area contributed by atoms with E-state index in [0.29, 0.717) is 31.0 Å². The Bertz CT molecular complexity index is 882. The number of benzene rings is 1. The molecule has 2 aromatic rings. The highest BCUT2D eigenvalue weighted by molar-refractivity contribution is 6.19. The van der Waals surface area contributed by atoms with Crippen molar-refractivity contribution in [2.45, 2.75) is 18.9 Å². The normalized spacial score (nSPS) is 18.3. The van der Waals surface area contributed by atoms with Crippen LogP contribution in [0.1, 0.15) is 12.8 Å². The number of carbonyl (C=O) groups is 3. The van der Waals surface area contributed by atoms with Gasteiger partial charge in [-0.3, -0.25) is 19.5 Å². The molecule has 29 heavy (non-hydrogen) atoms. The third-order valence-corrected chi connectivity index (χ3v) is 5.32. The summed E-state index contributed by atoms with van der Waals surface area (Å²) in [5.74, 6) is -0.279. The highest BCUT2D eigenvalue weighted by Gasteiger charge is 2.41. The van der Waals surface area contributed by atoms with E-state index in [1.165, 1.54) is 4.90 Å². The molecule has 1 aromatic carbocycles. The molecule has 0 saturated carbocycles. The van der Waals surface area contributed by atoms with Gasteiger partial charge >= 0.3 is 6.03 Å². The minimum Gasteiger partial charge on any atom is -0.324 e. The summed E-state index contributed by atoms with van der Waals surface area (Å²) in [6, 6.07) is 12.3. The van der Waals surface area contributed by atoms with Crippen LogP contribution >= 0.6 is 0 Å². The van der Waals surface area contributed by atoms with Gasteiger partial charge in [0.05, 0.1) is 24.1 Å². The van der Waals surface area contributed by atoms with E-state index in [4.69, 9.17) is 0 Å². The Balaban J connectivity index is 1.30. The smallest absolute Gasteiger partial charge is 0.324 e. The summed E-state index contributed by atoms with van der Waals surface area (Å²) in [5.41, 5.74) is 1.28.